The molecule has 0 aliphatic carbocycles. The van der Waals surface area contributed by atoms with Crippen LogP contribution in [0.1, 0.15) is 19.4 Å². The zero-order valence-corrected chi connectivity index (χ0v) is 15.7. The van der Waals surface area contributed by atoms with Gasteiger partial charge in [0.05, 0.1) is 5.52 Å². The van der Waals surface area contributed by atoms with E-state index in [1.807, 2.05) is 32.6 Å². The van der Waals surface area contributed by atoms with Gasteiger partial charge in [0.25, 0.3) is 0 Å². The van der Waals surface area contributed by atoms with Gasteiger partial charge in [-0.3, -0.25) is 4.98 Å². The van der Waals surface area contributed by atoms with Crippen molar-refractivity contribution in [1.29, 1.82) is 0 Å². The molecule has 2 aromatic heterocycles. The van der Waals surface area contributed by atoms with E-state index in [9.17, 15) is 0 Å². The van der Waals surface area contributed by atoms with Gasteiger partial charge >= 0.3 is 0 Å². The van der Waals surface area contributed by atoms with E-state index in [-0.39, 0.29) is 0 Å². The third-order valence-electron chi connectivity index (χ3n) is 3.76. The van der Waals surface area contributed by atoms with Crippen LogP contribution in [0.2, 0.25) is 0 Å². The van der Waals surface area contributed by atoms with Crippen LogP contribution in [0.5, 0.6) is 5.75 Å². The van der Waals surface area contributed by atoms with Crippen molar-refractivity contribution < 1.29 is 4.74 Å². The highest BCUT2D eigenvalue weighted by molar-refractivity contribution is 7.98. The molecule has 3 rings (SSSR count). The summed E-state index contributed by atoms with van der Waals surface area (Å²) in [6, 6.07) is 6.46. The second-order valence-corrected chi connectivity index (χ2v) is 7.06. The number of nitrogens with zero attached hydrogens (tertiary/aromatic N) is 3. The molecular weight excluding hydrogens is 331 g/mol. The summed E-state index contributed by atoms with van der Waals surface area (Å²) < 4.78 is 6.02. The summed E-state index contributed by atoms with van der Waals surface area (Å²) in [4.78, 5) is 14.1. The highest BCUT2D eigenvalue weighted by atomic mass is 32.2. The Balaban J connectivity index is 1.85. The van der Waals surface area contributed by atoms with Crippen LogP contribution >= 0.6 is 11.8 Å². The normalized spacial score (nSPS) is 11.0. The van der Waals surface area contributed by atoms with E-state index >= 15 is 0 Å². The van der Waals surface area contributed by atoms with Gasteiger partial charge in [-0.1, -0.05) is 6.07 Å². The molecule has 0 aliphatic heterocycles. The number of aromatic nitrogens is 3. The Bertz CT molecular complexity index is 888. The van der Waals surface area contributed by atoms with Crippen LogP contribution in [-0.2, 0) is 6.61 Å². The summed E-state index contributed by atoms with van der Waals surface area (Å²) in [6.07, 6.45) is 7.31. The van der Waals surface area contributed by atoms with Crippen LogP contribution in [0.15, 0.2) is 41.8 Å². The van der Waals surface area contributed by atoms with Crippen LogP contribution < -0.4 is 15.5 Å². The molecule has 0 radical (unpaired) electrons. The number of benzene rings is 1. The van der Waals surface area contributed by atoms with E-state index in [0.29, 0.717) is 12.6 Å². The lowest BCUT2D eigenvalue weighted by Gasteiger charge is -2.14. The molecule has 7 heteroatoms. The van der Waals surface area contributed by atoms with Gasteiger partial charge in [-0.05, 0) is 31.6 Å². The average Bonchev–Trinajstić information content (AvgIpc) is 2.60. The minimum Gasteiger partial charge on any atom is -0.489 e. The van der Waals surface area contributed by atoms with Crippen molar-refractivity contribution >= 4 is 41.8 Å². The molecule has 0 aliphatic rings. The predicted octanol–water partition coefficient (Wildman–Crippen LogP) is 2.40. The van der Waals surface area contributed by atoms with Gasteiger partial charge in [-0.2, -0.15) is 0 Å². The monoisotopic (exact) mass is 352 g/mol. The summed E-state index contributed by atoms with van der Waals surface area (Å²) in [6.45, 7) is 4.67. The maximum absolute atomic E-state index is 6.02. The first kappa shape index (κ1) is 17.5. The van der Waals surface area contributed by atoms with E-state index in [0.717, 1.165) is 38.4 Å². The van der Waals surface area contributed by atoms with Crippen LogP contribution in [0, 0.1) is 0 Å². The molecule has 0 bridgehead atoms. The van der Waals surface area contributed by atoms with Gasteiger partial charge in [0.1, 0.15) is 32.3 Å². The van der Waals surface area contributed by atoms with Gasteiger partial charge in [0.15, 0.2) is 0 Å². The Morgan fingerprint density at radius 1 is 1.20 bits per heavy atom. The minimum atomic E-state index is 0.311. The number of rotatable bonds is 6. The molecule has 0 unspecified atom stereocenters. The molecule has 0 spiro atoms. The largest absolute Gasteiger partial charge is 0.489 e. The highest BCUT2D eigenvalue weighted by Crippen LogP contribution is 2.23. The Hall–Kier alpha value is -2.28. The summed E-state index contributed by atoms with van der Waals surface area (Å²) in [5.74, 6) is 1.68. The third-order valence-corrected chi connectivity index (χ3v) is 4.45. The van der Waals surface area contributed by atoms with Crippen molar-refractivity contribution in [2.45, 2.75) is 31.4 Å². The number of hydrogen-bond donors (Lipinski definition) is 1. The standard InChI is InChI=1S/C18H21BN4OS/c1-11(2)23-18-14-5-15(19)17(6-16(14)21-10-22-18)24-9-12-4-13(25-3)8-20-7-12/h4-8,10-11H,9,19H2,1-3H3,(H,21,22,23). The molecule has 25 heavy (non-hydrogen) atoms. The topological polar surface area (TPSA) is 59.9 Å². The second kappa shape index (κ2) is 7.74. The van der Waals surface area contributed by atoms with Crippen LogP contribution in [0.4, 0.5) is 5.82 Å². The van der Waals surface area contributed by atoms with Gasteiger partial charge in [-0.15, -0.1) is 11.8 Å². The molecule has 0 saturated heterocycles. The van der Waals surface area contributed by atoms with Gasteiger partial charge < -0.3 is 10.1 Å². The van der Waals surface area contributed by atoms with E-state index < -0.39 is 0 Å². The molecule has 0 atom stereocenters. The molecule has 5 nitrogen and oxygen atoms in total. The smallest absolute Gasteiger partial charge is 0.144 e. The molecule has 128 valence electrons. The first-order chi connectivity index (χ1) is 12.1. The number of nitrogens with one attached hydrogen (secondary N) is 1. The average molecular weight is 352 g/mol. The fourth-order valence-corrected chi connectivity index (χ4v) is 2.99. The van der Waals surface area contributed by atoms with Crippen molar-refractivity contribution in [2.75, 3.05) is 11.6 Å². The Kier molecular flexibility index (Phi) is 5.43. The van der Waals surface area contributed by atoms with Crippen molar-refractivity contribution in [2.24, 2.45) is 0 Å². The van der Waals surface area contributed by atoms with Gasteiger partial charge in [0, 0.05) is 40.3 Å². The molecule has 1 N–H and O–H groups in total. The van der Waals surface area contributed by atoms with Crippen molar-refractivity contribution in [1.82, 2.24) is 15.0 Å². The van der Waals surface area contributed by atoms with E-state index in [1.165, 1.54) is 0 Å². The Morgan fingerprint density at radius 2 is 2.04 bits per heavy atom. The molecule has 3 aromatic rings. The first-order valence-electron chi connectivity index (χ1n) is 8.19. The fourth-order valence-electron chi connectivity index (χ4n) is 2.55. The summed E-state index contributed by atoms with van der Waals surface area (Å²) in [5.41, 5.74) is 2.98. The number of hydrogen-bond acceptors (Lipinski definition) is 6. The Morgan fingerprint density at radius 3 is 2.80 bits per heavy atom. The number of pyridine rings is 1. The lowest BCUT2D eigenvalue weighted by atomic mass is 9.93. The molecule has 0 fully saturated rings. The van der Waals surface area contributed by atoms with Gasteiger partial charge in [0.2, 0.25) is 0 Å². The molecule has 0 amide bonds. The highest BCUT2D eigenvalue weighted by Gasteiger charge is 2.09. The minimum absolute atomic E-state index is 0.311. The molecule has 1 aromatic carbocycles. The fraction of sp³-hybridized carbons (Fsp3) is 0.278. The quantitative estimate of drug-likeness (QED) is 0.543. The van der Waals surface area contributed by atoms with Crippen molar-refractivity contribution in [3.8, 4) is 5.75 Å². The third kappa shape index (κ3) is 4.23. The number of anilines is 1. The van der Waals surface area contributed by atoms with Crippen LogP contribution in [0.25, 0.3) is 10.9 Å². The maximum Gasteiger partial charge on any atom is 0.144 e. The number of thioether (sulfide) groups is 1. The second-order valence-electron chi connectivity index (χ2n) is 6.18. The first-order valence-corrected chi connectivity index (χ1v) is 9.42. The van der Waals surface area contributed by atoms with E-state index in [2.05, 4.69) is 46.2 Å². The number of fused-ring (bicyclic) bond motifs is 1. The summed E-state index contributed by atoms with van der Waals surface area (Å²) in [5, 5.41) is 4.37. The van der Waals surface area contributed by atoms with Crippen molar-refractivity contribution in [3.63, 3.8) is 0 Å². The van der Waals surface area contributed by atoms with Gasteiger partial charge in [-0.25, -0.2) is 9.97 Å². The SMILES string of the molecule is Bc1cc2c(NC(C)C)ncnc2cc1OCc1cncc(SC)c1. The molecule has 0 saturated carbocycles. The summed E-state index contributed by atoms with van der Waals surface area (Å²) in [7, 11) is 2.04. The van der Waals surface area contributed by atoms with Crippen molar-refractivity contribution in [3.05, 3.63) is 42.5 Å². The van der Waals surface area contributed by atoms with Crippen LogP contribution in [-0.4, -0.2) is 35.1 Å². The zero-order valence-electron chi connectivity index (χ0n) is 14.9. The molecular formula is C18H21BN4OS. The lowest BCUT2D eigenvalue weighted by molar-refractivity contribution is 0.308. The molecule has 2 heterocycles. The van der Waals surface area contributed by atoms with E-state index in [4.69, 9.17) is 4.74 Å². The maximum atomic E-state index is 6.02. The number of ether oxygens (including phenoxy) is 1. The predicted molar refractivity (Wildman–Crippen MR) is 107 cm³/mol. The lowest BCUT2D eigenvalue weighted by Crippen LogP contribution is -2.14. The van der Waals surface area contributed by atoms with E-state index in [1.54, 1.807) is 18.1 Å². The Labute approximate surface area is 153 Å². The van der Waals surface area contributed by atoms with Crippen LogP contribution in [0.3, 0.4) is 0 Å². The summed E-state index contributed by atoms with van der Waals surface area (Å²) >= 11 is 1.67. The zero-order chi connectivity index (χ0) is 17.8.